The zero-order valence-electron chi connectivity index (χ0n) is 27.3. The van der Waals surface area contributed by atoms with Crippen LogP contribution in [0.3, 0.4) is 0 Å². The van der Waals surface area contributed by atoms with Crippen molar-refractivity contribution in [1.29, 1.82) is 0 Å². The van der Waals surface area contributed by atoms with Crippen LogP contribution in [0.15, 0.2) is 47.7 Å². The molecule has 1 aromatic carbocycles. The number of halogens is 4. The number of aromatic nitrogens is 2. The lowest BCUT2D eigenvalue weighted by Gasteiger charge is -2.35. The predicted octanol–water partition coefficient (Wildman–Crippen LogP) is 4.66. The average molecular weight is 761 g/mol. The Morgan fingerprint density at radius 2 is 1.78 bits per heavy atom. The summed E-state index contributed by atoms with van der Waals surface area (Å²) in [5.41, 5.74) is -3.51. The molecule has 1 amide bonds. The minimum absolute atomic E-state index is 0.0152. The molecule has 2 saturated carbocycles. The molecule has 2 fully saturated rings. The Hall–Kier alpha value is -3.74. The lowest BCUT2D eigenvalue weighted by Crippen LogP contribution is -2.46. The summed E-state index contributed by atoms with van der Waals surface area (Å²) in [6.45, 7) is 5.56. The molecule has 3 aliphatic rings. The number of benzene rings is 1. The van der Waals surface area contributed by atoms with Crippen molar-refractivity contribution in [3.05, 3.63) is 64.6 Å². The summed E-state index contributed by atoms with van der Waals surface area (Å²) < 4.78 is 93.8. The maximum atomic E-state index is 12.9. The number of anilines is 1. The summed E-state index contributed by atoms with van der Waals surface area (Å²) in [4.78, 5) is 29.2. The van der Waals surface area contributed by atoms with Gasteiger partial charge >= 0.3 is 15.5 Å². The first kappa shape index (κ1) is 37.5. The molecule has 0 spiro atoms. The molecule has 13 nitrogen and oxygen atoms in total. The lowest BCUT2D eigenvalue weighted by atomic mass is 9.70. The van der Waals surface area contributed by atoms with Crippen LogP contribution in [0.25, 0.3) is 5.65 Å². The van der Waals surface area contributed by atoms with E-state index in [0.717, 1.165) is 12.0 Å². The van der Waals surface area contributed by atoms with E-state index in [1.54, 1.807) is 47.0 Å². The van der Waals surface area contributed by atoms with Crippen LogP contribution >= 0.6 is 11.6 Å². The zero-order valence-corrected chi connectivity index (χ0v) is 29.7. The first-order chi connectivity index (χ1) is 23.2. The number of fused-ring (bicyclic) bond motifs is 3. The van der Waals surface area contributed by atoms with Crippen LogP contribution in [0.2, 0.25) is 5.02 Å². The van der Waals surface area contributed by atoms with Gasteiger partial charge in [0.1, 0.15) is 23.5 Å². The van der Waals surface area contributed by atoms with Crippen LogP contribution in [-0.2, 0) is 37.9 Å². The Balaban J connectivity index is 0.000000269. The van der Waals surface area contributed by atoms with Gasteiger partial charge in [-0.05, 0) is 60.4 Å². The molecule has 0 radical (unpaired) electrons. The molecular weight excluding hydrogens is 725 g/mol. The summed E-state index contributed by atoms with van der Waals surface area (Å²) in [5.74, 6) is -0.414. The number of amides is 1. The highest BCUT2D eigenvalue weighted by molar-refractivity contribution is 7.90. The van der Waals surface area contributed by atoms with E-state index >= 15 is 0 Å². The predicted molar refractivity (Wildman–Crippen MR) is 180 cm³/mol. The van der Waals surface area contributed by atoms with Gasteiger partial charge in [-0.2, -0.15) is 35.1 Å². The molecule has 2 bridgehead atoms. The number of pyridine rings is 1. The van der Waals surface area contributed by atoms with Crippen molar-refractivity contribution >= 4 is 61.1 Å². The fraction of sp³-hybridized carbons (Fsp3) is 0.484. The number of nitrogens with zero attached hydrogens (tertiary/aromatic N) is 5. The molecule has 3 heterocycles. The topological polar surface area (TPSA) is 171 Å². The molecule has 0 saturated heterocycles. The SMILES string of the molecule is CC1(C)[C@H]2CC[C@]1(CS(=O)(=O)O)C(=O)C2.CCc1nc2ccc(Cl)cn2c1C(=O)NCc1ccc(N2CCN(S(=O)(=O)C(F)(F)F)C=N2)cc1. The van der Waals surface area contributed by atoms with Crippen LogP contribution in [0.1, 0.15) is 61.8 Å². The van der Waals surface area contributed by atoms with E-state index < -0.39 is 43.4 Å². The Kier molecular flexibility index (Phi) is 10.1. The van der Waals surface area contributed by atoms with Crippen molar-refractivity contribution in [2.24, 2.45) is 21.8 Å². The number of alkyl halides is 3. The van der Waals surface area contributed by atoms with Crippen molar-refractivity contribution in [3.63, 3.8) is 0 Å². The van der Waals surface area contributed by atoms with Crippen molar-refractivity contribution < 1.29 is 44.1 Å². The van der Waals surface area contributed by atoms with Gasteiger partial charge in [0.2, 0.25) is 0 Å². The summed E-state index contributed by atoms with van der Waals surface area (Å²) in [5, 5.41) is 8.54. The second kappa shape index (κ2) is 13.4. The van der Waals surface area contributed by atoms with Gasteiger partial charge in [0.05, 0.1) is 40.7 Å². The number of carbonyl (C=O) groups excluding carboxylic acids is 2. The van der Waals surface area contributed by atoms with Gasteiger partial charge in [-0.15, -0.1) is 0 Å². The molecular formula is C31H36ClF3N6O7S2. The number of nitrogens with one attached hydrogen (secondary N) is 1. The van der Waals surface area contributed by atoms with E-state index in [1.807, 2.05) is 20.8 Å². The Labute approximate surface area is 292 Å². The van der Waals surface area contributed by atoms with E-state index in [2.05, 4.69) is 15.4 Å². The molecule has 1 aliphatic heterocycles. The van der Waals surface area contributed by atoms with Crippen molar-refractivity contribution in [2.45, 2.75) is 58.5 Å². The number of hydrogen-bond donors (Lipinski definition) is 2. The van der Waals surface area contributed by atoms with Gasteiger partial charge < -0.3 is 5.32 Å². The molecule has 6 rings (SSSR count). The molecule has 0 unspecified atom stereocenters. The molecule has 2 aliphatic carbocycles. The highest BCUT2D eigenvalue weighted by Gasteiger charge is 2.65. The van der Waals surface area contributed by atoms with Crippen LogP contribution < -0.4 is 10.3 Å². The summed E-state index contributed by atoms with van der Waals surface area (Å²) in [6.07, 6.45) is 4.82. The first-order valence-corrected chi connectivity index (χ1v) is 19.0. The highest BCUT2D eigenvalue weighted by atomic mass is 35.5. The maximum absolute atomic E-state index is 12.9. The minimum atomic E-state index is -5.46. The van der Waals surface area contributed by atoms with Gasteiger partial charge in [-0.1, -0.05) is 44.5 Å². The van der Waals surface area contributed by atoms with Gasteiger partial charge in [0, 0.05) is 19.2 Å². The van der Waals surface area contributed by atoms with Gasteiger partial charge in [-0.25, -0.2) is 9.29 Å². The zero-order chi connectivity index (χ0) is 36.9. The van der Waals surface area contributed by atoms with E-state index in [0.29, 0.717) is 53.3 Å². The molecule has 50 heavy (non-hydrogen) atoms. The third kappa shape index (κ3) is 7.07. The standard InChI is InChI=1S/C21H20ClF3N6O3S.C10H16O4S/c1-2-17-19(30-12-15(22)5-8-18(30)28-17)20(32)26-11-14-3-6-16(7-4-14)31-10-9-29(13-27-31)35(33,34)21(23,24)25;1-9(2)7-3-4-10(9,8(11)5-7)6-15(12,13)14/h3-8,12-13H,2,9-11H2,1H3,(H,26,32);7H,3-6H2,1-2H3,(H,12,13,14)/t;7-,10-/m.0/s1. The van der Waals surface area contributed by atoms with Gasteiger partial charge in [-0.3, -0.25) is 23.6 Å². The number of Topliss-reactive ketones (excluding diaryl/α,β-unsaturated/α-hetero) is 1. The number of hydrogen-bond acceptors (Lipinski definition) is 9. The largest absolute Gasteiger partial charge is 0.516 e. The smallest absolute Gasteiger partial charge is 0.347 e. The number of carbonyl (C=O) groups is 2. The molecule has 19 heteroatoms. The van der Waals surface area contributed by atoms with E-state index in [1.165, 1.54) is 5.01 Å². The van der Waals surface area contributed by atoms with Crippen molar-refractivity contribution in [2.75, 3.05) is 23.9 Å². The summed E-state index contributed by atoms with van der Waals surface area (Å²) in [7, 11) is -9.54. The lowest BCUT2D eigenvalue weighted by molar-refractivity contribution is -0.128. The van der Waals surface area contributed by atoms with E-state index in [4.69, 9.17) is 16.2 Å². The van der Waals surface area contributed by atoms with Crippen LogP contribution in [0, 0.1) is 16.7 Å². The van der Waals surface area contributed by atoms with Crippen LogP contribution in [0.4, 0.5) is 18.9 Å². The fourth-order valence-corrected chi connectivity index (χ4v) is 9.18. The number of sulfonamides is 1. The van der Waals surface area contributed by atoms with Gasteiger partial charge in [0.15, 0.2) is 0 Å². The number of aryl methyl sites for hydroxylation is 1. The molecule has 272 valence electrons. The Morgan fingerprint density at radius 1 is 1.10 bits per heavy atom. The monoisotopic (exact) mass is 760 g/mol. The summed E-state index contributed by atoms with van der Waals surface area (Å²) in [6, 6.07) is 10.3. The quantitative estimate of drug-likeness (QED) is 0.310. The number of hydrazone groups is 1. The summed E-state index contributed by atoms with van der Waals surface area (Å²) >= 11 is 6.07. The van der Waals surface area contributed by atoms with Crippen LogP contribution in [-0.4, -0.2) is 77.5 Å². The fourth-order valence-electron chi connectivity index (χ4n) is 6.97. The van der Waals surface area contributed by atoms with Gasteiger partial charge in [0.25, 0.3) is 16.0 Å². The number of rotatable bonds is 8. The molecule has 2 N–H and O–H groups in total. The Bertz CT molecular complexity index is 2050. The number of imidazole rings is 1. The van der Waals surface area contributed by atoms with E-state index in [-0.39, 0.29) is 40.4 Å². The van der Waals surface area contributed by atoms with E-state index in [9.17, 15) is 39.6 Å². The minimum Gasteiger partial charge on any atom is -0.347 e. The first-order valence-electron chi connectivity index (χ1n) is 15.6. The number of ketones is 1. The average Bonchev–Trinajstić information content (AvgIpc) is 3.58. The van der Waals surface area contributed by atoms with Crippen LogP contribution in [0.5, 0.6) is 0 Å². The molecule has 2 atom stereocenters. The Morgan fingerprint density at radius 3 is 2.30 bits per heavy atom. The molecule has 3 aromatic rings. The second-order valence-electron chi connectivity index (χ2n) is 13.0. The maximum Gasteiger partial charge on any atom is 0.516 e. The third-order valence-corrected chi connectivity index (χ3v) is 12.5. The normalized spacial score (nSPS) is 21.8. The van der Waals surface area contributed by atoms with Crippen molar-refractivity contribution in [1.82, 2.24) is 19.0 Å². The highest BCUT2D eigenvalue weighted by Crippen LogP contribution is 2.64. The van der Waals surface area contributed by atoms with Crippen molar-refractivity contribution in [3.8, 4) is 0 Å². The second-order valence-corrected chi connectivity index (χ2v) is 16.8. The third-order valence-electron chi connectivity index (χ3n) is 9.91. The molecule has 2 aromatic heterocycles.